The maximum absolute atomic E-state index is 12.2. The number of benzene rings is 3. The third-order valence-corrected chi connectivity index (χ3v) is 4.37. The second-order valence-corrected chi connectivity index (χ2v) is 6.45. The van der Waals surface area contributed by atoms with Crippen molar-refractivity contribution in [2.75, 3.05) is 6.61 Å². The Hall–Kier alpha value is -2.81. The van der Waals surface area contributed by atoms with Crippen molar-refractivity contribution in [1.29, 1.82) is 0 Å². The van der Waals surface area contributed by atoms with E-state index < -0.39 is 0 Å². The highest BCUT2D eigenvalue weighted by Gasteiger charge is 2.12. The van der Waals surface area contributed by atoms with Crippen LogP contribution in [0.3, 0.4) is 0 Å². The first kappa shape index (κ1) is 17.0. The molecule has 3 heteroatoms. The maximum Gasteiger partial charge on any atom is 0.258 e. The molecule has 0 radical (unpaired) electrons. The van der Waals surface area contributed by atoms with Crippen LogP contribution in [0.2, 0.25) is 0 Å². The number of carbonyl (C=O) groups excluding carboxylic acids is 1. The molecular weight excluding hydrogens is 310 g/mol. The molecule has 3 nitrogen and oxygen atoms in total. The van der Waals surface area contributed by atoms with Crippen molar-refractivity contribution in [2.45, 2.75) is 26.8 Å². The van der Waals surface area contributed by atoms with Crippen LogP contribution in [0.15, 0.2) is 60.7 Å². The smallest absolute Gasteiger partial charge is 0.258 e. The molecular formula is C22H23NO2. The minimum atomic E-state index is -0.124. The number of nitrogens with one attached hydrogen (secondary N) is 1. The van der Waals surface area contributed by atoms with E-state index in [1.165, 1.54) is 11.1 Å². The monoisotopic (exact) mass is 333 g/mol. The molecule has 0 saturated heterocycles. The van der Waals surface area contributed by atoms with Crippen LogP contribution in [-0.2, 0) is 4.79 Å². The van der Waals surface area contributed by atoms with Gasteiger partial charge in [-0.2, -0.15) is 0 Å². The summed E-state index contributed by atoms with van der Waals surface area (Å²) in [6.07, 6.45) is 0. The largest absolute Gasteiger partial charge is 0.484 e. The molecule has 0 fully saturated rings. The van der Waals surface area contributed by atoms with E-state index in [2.05, 4.69) is 43.4 Å². The van der Waals surface area contributed by atoms with Gasteiger partial charge in [0.15, 0.2) is 6.61 Å². The number of aryl methyl sites for hydroxylation is 2. The predicted octanol–water partition coefficient (Wildman–Crippen LogP) is 4.71. The molecule has 0 spiro atoms. The van der Waals surface area contributed by atoms with Crippen LogP contribution in [-0.4, -0.2) is 12.5 Å². The fourth-order valence-corrected chi connectivity index (χ4v) is 2.99. The quantitative estimate of drug-likeness (QED) is 0.734. The van der Waals surface area contributed by atoms with Gasteiger partial charge in [0.1, 0.15) is 5.75 Å². The van der Waals surface area contributed by atoms with Gasteiger partial charge in [-0.05, 0) is 54.8 Å². The number of rotatable bonds is 5. The average molecular weight is 333 g/mol. The normalized spacial score (nSPS) is 12.0. The lowest BCUT2D eigenvalue weighted by Gasteiger charge is -2.17. The minimum absolute atomic E-state index is 0.00748. The van der Waals surface area contributed by atoms with E-state index >= 15 is 0 Å². The lowest BCUT2D eigenvalue weighted by Crippen LogP contribution is -2.31. The summed E-state index contributed by atoms with van der Waals surface area (Å²) in [6, 6.07) is 20.2. The zero-order chi connectivity index (χ0) is 17.8. The summed E-state index contributed by atoms with van der Waals surface area (Å²) >= 11 is 0. The Kier molecular flexibility index (Phi) is 5.03. The highest BCUT2D eigenvalue weighted by molar-refractivity contribution is 5.84. The lowest BCUT2D eigenvalue weighted by molar-refractivity contribution is -0.123. The van der Waals surface area contributed by atoms with Crippen molar-refractivity contribution in [1.82, 2.24) is 5.32 Å². The molecule has 1 amide bonds. The summed E-state index contributed by atoms with van der Waals surface area (Å²) in [6.45, 7) is 6.12. The van der Waals surface area contributed by atoms with Gasteiger partial charge < -0.3 is 10.1 Å². The van der Waals surface area contributed by atoms with Gasteiger partial charge in [0, 0.05) is 0 Å². The van der Waals surface area contributed by atoms with Crippen molar-refractivity contribution in [2.24, 2.45) is 0 Å². The second-order valence-electron chi connectivity index (χ2n) is 6.45. The van der Waals surface area contributed by atoms with Gasteiger partial charge in [-0.1, -0.05) is 54.1 Å². The van der Waals surface area contributed by atoms with E-state index in [0.717, 1.165) is 16.3 Å². The molecule has 25 heavy (non-hydrogen) atoms. The maximum atomic E-state index is 12.2. The van der Waals surface area contributed by atoms with Gasteiger partial charge in [-0.15, -0.1) is 0 Å². The van der Waals surface area contributed by atoms with E-state index in [4.69, 9.17) is 4.74 Å². The summed E-state index contributed by atoms with van der Waals surface area (Å²) in [5, 5.41) is 5.26. The number of fused-ring (bicyclic) bond motifs is 1. The summed E-state index contributed by atoms with van der Waals surface area (Å²) in [5.41, 5.74) is 3.50. The Morgan fingerprint density at radius 1 is 1.00 bits per heavy atom. The van der Waals surface area contributed by atoms with Gasteiger partial charge in [-0.25, -0.2) is 0 Å². The molecule has 1 N–H and O–H groups in total. The Balaban J connectivity index is 1.61. The Morgan fingerprint density at radius 3 is 2.56 bits per heavy atom. The van der Waals surface area contributed by atoms with E-state index in [0.29, 0.717) is 5.75 Å². The number of hydrogen-bond acceptors (Lipinski definition) is 2. The van der Waals surface area contributed by atoms with Gasteiger partial charge in [-0.3, -0.25) is 4.79 Å². The van der Waals surface area contributed by atoms with Gasteiger partial charge in [0.05, 0.1) is 6.04 Å². The molecule has 3 rings (SSSR count). The van der Waals surface area contributed by atoms with Crippen LogP contribution >= 0.6 is 0 Å². The highest BCUT2D eigenvalue weighted by Crippen LogP contribution is 2.21. The molecule has 0 heterocycles. The van der Waals surface area contributed by atoms with Crippen LogP contribution in [0.25, 0.3) is 10.8 Å². The molecule has 0 aliphatic rings. The molecule has 0 aliphatic heterocycles. The molecule has 0 aromatic heterocycles. The zero-order valence-electron chi connectivity index (χ0n) is 14.9. The van der Waals surface area contributed by atoms with E-state index in [1.54, 1.807) is 0 Å². The van der Waals surface area contributed by atoms with Crippen molar-refractivity contribution in [3.63, 3.8) is 0 Å². The standard InChI is InChI=1S/C22H23NO2/c1-15-8-9-16(2)21(12-15)17(3)23-22(24)14-25-20-11-10-18-6-4-5-7-19(18)13-20/h4-13,17H,14H2,1-3H3,(H,23,24). The number of hydrogen-bond donors (Lipinski definition) is 1. The molecule has 1 unspecified atom stereocenters. The summed E-state index contributed by atoms with van der Waals surface area (Å²) < 4.78 is 5.65. The van der Waals surface area contributed by atoms with Crippen LogP contribution in [0, 0.1) is 13.8 Å². The average Bonchev–Trinajstić information content (AvgIpc) is 2.61. The zero-order valence-corrected chi connectivity index (χ0v) is 14.9. The molecule has 3 aromatic carbocycles. The van der Waals surface area contributed by atoms with Crippen LogP contribution in [0.1, 0.15) is 29.7 Å². The van der Waals surface area contributed by atoms with Gasteiger partial charge in [0.2, 0.25) is 0 Å². The Bertz CT molecular complexity index is 901. The molecule has 0 bridgehead atoms. The second kappa shape index (κ2) is 7.39. The third kappa shape index (κ3) is 4.18. The summed E-state index contributed by atoms with van der Waals surface area (Å²) in [5.74, 6) is 0.579. The Labute approximate surface area is 148 Å². The highest BCUT2D eigenvalue weighted by atomic mass is 16.5. The van der Waals surface area contributed by atoms with Gasteiger partial charge in [0.25, 0.3) is 5.91 Å². The van der Waals surface area contributed by atoms with E-state index in [9.17, 15) is 4.79 Å². The predicted molar refractivity (Wildman–Crippen MR) is 102 cm³/mol. The molecule has 1 atom stereocenters. The lowest BCUT2D eigenvalue weighted by atomic mass is 10.00. The molecule has 0 saturated carbocycles. The first-order valence-electron chi connectivity index (χ1n) is 8.51. The van der Waals surface area contributed by atoms with Crippen molar-refractivity contribution in [3.8, 4) is 5.75 Å². The van der Waals surface area contributed by atoms with E-state index in [-0.39, 0.29) is 18.6 Å². The Morgan fingerprint density at radius 2 is 1.76 bits per heavy atom. The number of carbonyl (C=O) groups is 1. The van der Waals surface area contributed by atoms with Crippen molar-refractivity contribution in [3.05, 3.63) is 77.4 Å². The van der Waals surface area contributed by atoms with E-state index in [1.807, 2.05) is 43.3 Å². The first-order chi connectivity index (χ1) is 12.0. The third-order valence-electron chi connectivity index (χ3n) is 4.37. The van der Waals surface area contributed by atoms with Gasteiger partial charge >= 0.3 is 0 Å². The summed E-state index contributed by atoms with van der Waals surface area (Å²) in [7, 11) is 0. The van der Waals surface area contributed by atoms with Crippen molar-refractivity contribution < 1.29 is 9.53 Å². The first-order valence-corrected chi connectivity index (χ1v) is 8.51. The van der Waals surface area contributed by atoms with Crippen LogP contribution in [0.4, 0.5) is 0 Å². The minimum Gasteiger partial charge on any atom is -0.484 e. The molecule has 128 valence electrons. The summed E-state index contributed by atoms with van der Waals surface area (Å²) in [4.78, 5) is 12.2. The fraction of sp³-hybridized carbons (Fsp3) is 0.227. The fourth-order valence-electron chi connectivity index (χ4n) is 2.99. The van der Waals surface area contributed by atoms with Crippen LogP contribution in [0.5, 0.6) is 5.75 Å². The molecule has 3 aromatic rings. The number of ether oxygens (including phenoxy) is 1. The topological polar surface area (TPSA) is 38.3 Å². The number of amides is 1. The van der Waals surface area contributed by atoms with Crippen LogP contribution < -0.4 is 10.1 Å². The van der Waals surface area contributed by atoms with Crippen molar-refractivity contribution >= 4 is 16.7 Å². The molecule has 0 aliphatic carbocycles. The SMILES string of the molecule is Cc1ccc(C)c(C(C)NC(=O)COc2ccc3ccccc3c2)c1.